The summed E-state index contributed by atoms with van der Waals surface area (Å²) in [7, 11) is -2.94. The van der Waals surface area contributed by atoms with Gasteiger partial charge in [-0.15, -0.1) is 0 Å². The highest BCUT2D eigenvalue weighted by atomic mass is 32.3. The molecule has 0 spiro atoms. The maximum atomic E-state index is 10.9. The van der Waals surface area contributed by atoms with E-state index in [0.29, 0.717) is 5.56 Å². The predicted molar refractivity (Wildman–Crippen MR) is 90.6 cm³/mol. The Kier molecular flexibility index (Phi) is 4.13. The molecule has 124 valence electrons. The maximum absolute atomic E-state index is 10.9. The molecule has 0 amide bonds. The van der Waals surface area contributed by atoms with Crippen LogP contribution in [0.25, 0.3) is 22.0 Å². The van der Waals surface area contributed by atoms with Crippen molar-refractivity contribution in [3.05, 3.63) is 54.2 Å². The average molecular weight is 345 g/mol. The number of ether oxygens (including phenoxy) is 1. The lowest BCUT2D eigenvalue weighted by atomic mass is 9.99. The van der Waals surface area contributed by atoms with Gasteiger partial charge in [-0.3, -0.25) is 9.54 Å². The summed E-state index contributed by atoms with van der Waals surface area (Å²) in [5, 5.41) is 0.946. The van der Waals surface area contributed by atoms with Gasteiger partial charge in [0.05, 0.1) is 12.6 Å². The monoisotopic (exact) mass is 345 g/mol. The highest BCUT2D eigenvalue weighted by Gasteiger charge is 2.12. The number of nitrogens with zero attached hydrogens (tertiary/aromatic N) is 1. The van der Waals surface area contributed by atoms with Crippen molar-refractivity contribution >= 4 is 21.3 Å². The molecule has 1 aromatic heterocycles. The van der Waals surface area contributed by atoms with Crippen molar-refractivity contribution in [2.45, 2.75) is 6.92 Å². The zero-order chi connectivity index (χ0) is 17.3. The van der Waals surface area contributed by atoms with E-state index in [0.717, 1.165) is 27.8 Å². The molecule has 0 saturated heterocycles. The van der Waals surface area contributed by atoms with Gasteiger partial charge in [-0.1, -0.05) is 6.07 Å². The van der Waals surface area contributed by atoms with Crippen LogP contribution in [0.3, 0.4) is 0 Å². The molecule has 3 aromatic rings. The Morgan fingerprint density at radius 2 is 1.88 bits per heavy atom. The summed E-state index contributed by atoms with van der Waals surface area (Å²) in [4.78, 5) is 4.35. The van der Waals surface area contributed by atoms with E-state index in [9.17, 15) is 8.42 Å². The summed E-state index contributed by atoms with van der Waals surface area (Å²) >= 11 is 0. The Balaban J connectivity index is 2.09. The maximum Gasteiger partial charge on any atom is 0.446 e. The molecule has 0 radical (unpaired) electrons. The van der Waals surface area contributed by atoms with Crippen LogP contribution in [-0.4, -0.2) is 25.1 Å². The van der Waals surface area contributed by atoms with E-state index in [1.807, 2.05) is 24.3 Å². The summed E-state index contributed by atoms with van der Waals surface area (Å²) in [6, 6.07) is 12.5. The first-order valence-electron chi connectivity index (χ1n) is 7.08. The summed E-state index contributed by atoms with van der Waals surface area (Å²) in [6.45, 7) is 1.70. The van der Waals surface area contributed by atoms with E-state index >= 15 is 0 Å². The minimum atomic E-state index is -4.54. The van der Waals surface area contributed by atoms with Crippen LogP contribution in [0, 0.1) is 6.92 Å². The van der Waals surface area contributed by atoms with Crippen LogP contribution >= 0.6 is 0 Å². The van der Waals surface area contributed by atoms with Crippen molar-refractivity contribution in [2.24, 2.45) is 0 Å². The van der Waals surface area contributed by atoms with Crippen LogP contribution < -0.4 is 8.92 Å². The summed E-state index contributed by atoms with van der Waals surface area (Å²) in [5.41, 5.74) is 3.21. The molecule has 7 heteroatoms. The largest absolute Gasteiger partial charge is 0.497 e. The summed E-state index contributed by atoms with van der Waals surface area (Å²) < 4.78 is 40.3. The average Bonchev–Trinajstić information content (AvgIpc) is 2.54. The lowest BCUT2D eigenvalue weighted by Gasteiger charge is -2.10. The van der Waals surface area contributed by atoms with Gasteiger partial charge in [0.15, 0.2) is 0 Å². The number of aromatic nitrogens is 1. The predicted octanol–water partition coefficient (Wildman–Crippen LogP) is 3.40. The first-order valence-corrected chi connectivity index (χ1v) is 8.44. The second-order valence-corrected chi connectivity index (χ2v) is 6.26. The first kappa shape index (κ1) is 16.2. The smallest absolute Gasteiger partial charge is 0.446 e. The summed E-state index contributed by atoms with van der Waals surface area (Å²) in [5.74, 6) is 0.807. The standard InChI is InChI=1S/C17H15NO5S/c1-11-9-12(3-6-17(11)23-24(19,20)21)14-7-8-18-16-10-13(22-2)4-5-15(14)16/h3-10H,1-2H3,(H,19,20,21). The third-order valence-electron chi connectivity index (χ3n) is 3.63. The molecule has 2 aromatic carbocycles. The third-order valence-corrected chi connectivity index (χ3v) is 4.02. The molecule has 0 aliphatic heterocycles. The zero-order valence-electron chi connectivity index (χ0n) is 13.1. The highest BCUT2D eigenvalue weighted by Crippen LogP contribution is 2.32. The number of pyridine rings is 1. The molecule has 0 aliphatic carbocycles. The van der Waals surface area contributed by atoms with Gasteiger partial charge in [0.2, 0.25) is 0 Å². The highest BCUT2D eigenvalue weighted by molar-refractivity contribution is 7.81. The Bertz CT molecular complexity index is 1010. The number of fused-ring (bicyclic) bond motifs is 1. The van der Waals surface area contributed by atoms with Crippen molar-refractivity contribution in [2.75, 3.05) is 7.11 Å². The molecule has 1 heterocycles. The molecule has 6 nitrogen and oxygen atoms in total. The van der Waals surface area contributed by atoms with Crippen LogP contribution in [0.5, 0.6) is 11.5 Å². The Morgan fingerprint density at radius 3 is 2.54 bits per heavy atom. The van der Waals surface area contributed by atoms with Crippen LogP contribution in [0.4, 0.5) is 0 Å². The molecule has 1 N–H and O–H groups in total. The Labute approximate surface area is 139 Å². The number of aryl methyl sites for hydroxylation is 1. The van der Waals surface area contributed by atoms with Crippen molar-refractivity contribution in [3.8, 4) is 22.6 Å². The second-order valence-electron chi connectivity index (χ2n) is 5.23. The Morgan fingerprint density at radius 1 is 1.08 bits per heavy atom. The molecule has 0 saturated carbocycles. The van der Waals surface area contributed by atoms with Crippen molar-refractivity contribution in [3.63, 3.8) is 0 Å². The molecule has 0 bridgehead atoms. The third kappa shape index (κ3) is 3.32. The van der Waals surface area contributed by atoms with E-state index in [1.54, 1.807) is 32.4 Å². The van der Waals surface area contributed by atoms with E-state index in [4.69, 9.17) is 9.29 Å². The van der Waals surface area contributed by atoms with Gasteiger partial charge in [-0.05, 0) is 53.9 Å². The van der Waals surface area contributed by atoms with Gasteiger partial charge in [0.1, 0.15) is 11.5 Å². The van der Waals surface area contributed by atoms with E-state index < -0.39 is 10.4 Å². The number of hydrogen-bond acceptors (Lipinski definition) is 5. The van der Waals surface area contributed by atoms with Gasteiger partial charge in [-0.25, -0.2) is 0 Å². The topological polar surface area (TPSA) is 85.7 Å². The molecule has 3 rings (SSSR count). The quantitative estimate of drug-likeness (QED) is 0.730. The summed E-state index contributed by atoms with van der Waals surface area (Å²) in [6.07, 6.45) is 1.70. The van der Waals surface area contributed by atoms with E-state index in [1.165, 1.54) is 6.07 Å². The van der Waals surface area contributed by atoms with Crippen molar-refractivity contribution in [1.29, 1.82) is 0 Å². The fourth-order valence-electron chi connectivity index (χ4n) is 2.53. The minimum Gasteiger partial charge on any atom is -0.497 e. The van der Waals surface area contributed by atoms with Crippen LogP contribution in [0.15, 0.2) is 48.7 Å². The zero-order valence-corrected chi connectivity index (χ0v) is 13.9. The number of methoxy groups -OCH3 is 1. The van der Waals surface area contributed by atoms with E-state index in [2.05, 4.69) is 9.17 Å². The van der Waals surface area contributed by atoms with Gasteiger partial charge in [0.25, 0.3) is 0 Å². The molecular formula is C17H15NO5S. The van der Waals surface area contributed by atoms with Crippen LogP contribution in [-0.2, 0) is 10.4 Å². The lowest BCUT2D eigenvalue weighted by Crippen LogP contribution is -2.07. The fourth-order valence-corrected chi connectivity index (χ4v) is 2.94. The normalized spacial score (nSPS) is 11.5. The molecule has 0 atom stereocenters. The number of hydrogen-bond donors (Lipinski definition) is 1. The van der Waals surface area contributed by atoms with Gasteiger partial charge in [0, 0.05) is 17.6 Å². The number of rotatable bonds is 4. The first-order chi connectivity index (χ1) is 11.4. The molecule has 0 fully saturated rings. The Hall–Kier alpha value is -2.64. The molecule has 24 heavy (non-hydrogen) atoms. The van der Waals surface area contributed by atoms with Crippen molar-refractivity contribution in [1.82, 2.24) is 4.98 Å². The molecular weight excluding hydrogens is 330 g/mol. The van der Waals surface area contributed by atoms with E-state index in [-0.39, 0.29) is 5.75 Å². The number of benzene rings is 2. The molecule has 0 aliphatic rings. The fraction of sp³-hybridized carbons (Fsp3) is 0.118. The lowest BCUT2D eigenvalue weighted by molar-refractivity contribution is 0.386. The SMILES string of the molecule is COc1ccc2c(-c3ccc(OS(=O)(=O)O)c(C)c3)ccnc2c1. The minimum absolute atomic E-state index is 0.0845. The van der Waals surface area contributed by atoms with Gasteiger partial charge in [-0.2, -0.15) is 8.42 Å². The van der Waals surface area contributed by atoms with Crippen LogP contribution in [0.1, 0.15) is 5.56 Å². The van der Waals surface area contributed by atoms with Gasteiger partial charge < -0.3 is 8.92 Å². The second kappa shape index (κ2) is 6.10. The molecule has 0 unspecified atom stereocenters. The van der Waals surface area contributed by atoms with Crippen molar-refractivity contribution < 1.29 is 21.9 Å². The van der Waals surface area contributed by atoms with Gasteiger partial charge >= 0.3 is 10.4 Å². The van der Waals surface area contributed by atoms with Crippen LogP contribution in [0.2, 0.25) is 0 Å².